The lowest BCUT2D eigenvalue weighted by Gasteiger charge is -2.46. The number of carbonyl (C=O) groups excluding carboxylic acids is 1. The molecule has 1 spiro atoms. The summed E-state index contributed by atoms with van der Waals surface area (Å²) in [6.45, 7) is 1.83. The van der Waals surface area contributed by atoms with Gasteiger partial charge in [0.05, 0.1) is 13.2 Å². The lowest BCUT2D eigenvalue weighted by atomic mass is 9.78. The Morgan fingerprint density at radius 2 is 1.96 bits per heavy atom. The first-order valence-corrected chi connectivity index (χ1v) is 9.29. The first kappa shape index (κ1) is 17.9. The molecule has 0 bridgehead atoms. The lowest BCUT2D eigenvalue weighted by molar-refractivity contribution is -0.224. The number of rotatable bonds is 4. The fraction of sp³-hybridized carbons (Fsp3) is 0.611. The molecule has 1 amide bonds. The number of halogens is 1. The second-order valence-corrected chi connectivity index (χ2v) is 7.67. The van der Waals surface area contributed by atoms with Crippen LogP contribution in [0.3, 0.4) is 0 Å². The maximum atomic E-state index is 12.5. The molecule has 5 nitrogen and oxygen atoms in total. The summed E-state index contributed by atoms with van der Waals surface area (Å²) in [6, 6.07) is 7.73. The summed E-state index contributed by atoms with van der Waals surface area (Å²) in [4.78, 5) is 14.7. The zero-order chi connectivity index (χ0) is 17.2. The van der Waals surface area contributed by atoms with E-state index in [0.717, 1.165) is 23.7 Å². The molecule has 1 N–H and O–H groups in total. The van der Waals surface area contributed by atoms with Crippen molar-refractivity contribution in [2.75, 3.05) is 33.9 Å². The molecule has 6 heteroatoms. The van der Waals surface area contributed by atoms with Gasteiger partial charge in [-0.25, -0.2) is 0 Å². The predicted molar refractivity (Wildman–Crippen MR) is 95.9 cm³/mol. The number of hydrogen-bond acceptors (Lipinski definition) is 4. The van der Waals surface area contributed by atoms with E-state index in [4.69, 9.17) is 9.47 Å². The summed E-state index contributed by atoms with van der Waals surface area (Å²) in [6.07, 6.45) is 3.08. The van der Waals surface area contributed by atoms with E-state index in [0.29, 0.717) is 31.4 Å². The van der Waals surface area contributed by atoms with Crippen LogP contribution >= 0.6 is 15.9 Å². The molecule has 0 aromatic heterocycles. The van der Waals surface area contributed by atoms with Gasteiger partial charge in [0.25, 0.3) is 5.91 Å². The molecular weight excluding hydrogens is 372 g/mol. The van der Waals surface area contributed by atoms with Crippen molar-refractivity contribution >= 4 is 21.8 Å². The molecule has 1 heterocycles. The molecular formula is C18H25BrN2O3. The van der Waals surface area contributed by atoms with Crippen LogP contribution in [0.15, 0.2) is 28.7 Å². The Kier molecular flexibility index (Phi) is 5.59. The molecule has 1 aromatic rings. The summed E-state index contributed by atoms with van der Waals surface area (Å²) in [5.74, 6) is -0.470. The first-order chi connectivity index (χ1) is 11.5. The van der Waals surface area contributed by atoms with E-state index in [-0.39, 0.29) is 11.8 Å². The molecule has 2 fully saturated rings. The molecule has 1 saturated carbocycles. The summed E-state index contributed by atoms with van der Waals surface area (Å²) in [7, 11) is 4.17. The Morgan fingerprint density at radius 3 is 2.58 bits per heavy atom. The van der Waals surface area contributed by atoms with Gasteiger partial charge in [-0.1, -0.05) is 15.9 Å². The van der Waals surface area contributed by atoms with E-state index >= 15 is 0 Å². The van der Waals surface area contributed by atoms with E-state index in [1.807, 2.05) is 24.3 Å². The molecule has 1 aliphatic carbocycles. The lowest BCUT2D eigenvalue weighted by Crippen LogP contribution is -2.57. The first-order valence-electron chi connectivity index (χ1n) is 8.50. The molecule has 2 aliphatic rings. The van der Waals surface area contributed by atoms with Gasteiger partial charge in [0.15, 0.2) is 5.79 Å². The van der Waals surface area contributed by atoms with Crippen LogP contribution in [-0.2, 0) is 9.47 Å². The number of ether oxygens (including phenoxy) is 2. The van der Waals surface area contributed by atoms with E-state index in [2.05, 4.69) is 40.2 Å². The van der Waals surface area contributed by atoms with Crippen LogP contribution in [0.4, 0.5) is 0 Å². The van der Waals surface area contributed by atoms with E-state index in [9.17, 15) is 4.79 Å². The smallest absolute Gasteiger partial charge is 0.251 e. The zero-order valence-corrected chi connectivity index (χ0v) is 15.8. The molecule has 2 atom stereocenters. The quantitative estimate of drug-likeness (QED) is 0.849. The van der Waals surface area contributed by atoms with Crippen LogP contribution in [0.5, 0.6) is 0 Å². The number of amides is 1. The molecule has 3 rings (SSSR count). The van der Waals surface area contributed by atoms with E-state index in [1.165, 1.54) is 0 Å². The molecule has 0 radical (unpaired) electrons. The highest BCUT2D eigenvalue weighted by Crippen LogP contribution is 2.41. The maximum Gasteiger partial charge on any atom is 0.251 e. The molecule has 1 saturated heterocycles. The van der Waals surface area contributed by atoms with Crippen LogP contribution < -0.4 is 5.32 Å². The minimum atomic E-state index is -0.541. The third-order valence-electron chi connectivity index (χ3n) is 5.08. The van der Waals surface area contributed by atoms with Crippen molar-refractivity contribution in [3.63, 3.8) is 0 Å². The van der Waals surface area contributed by atoms with Gasteiger partial charge in [-0.15, -0.1) is 0 Å². The second kappa shape index (κ2) is 7.52. The SMILES string of the molecule is CN(C)C1CCCC2(OCCO2)C1CNC(=O)c1ccc(Br)cc1. The topological polar surface area (TPSA) is 50.8 Å². The third-order valence-corrected chi connectivity index (χ3v) is 5.61. The van der Waals surface area contributed by atoms with Gasteiger partial charge >= 0.3 is 0 Å². The van der Waals surface area contributed by atoms with Gasteiger partial charge in [0.1, 0.15) is 0 Å². The van der Waals surface area contributed by atoms with Gasteiger partial charge in [0, 0.05) is 35.0 Å². The van der Waals surface area contributed by atoms with Crippen molar-refractivity contribution in [1.82, 2.24) is 10.2 Å². The Balaban J connectivity index is 1.71. The zero-order valence-electron chi connectivity index (χ0n) is 14.3. The highest BCUT2D eigenvalue weighted by molar-refractivity contribution is 9.10. The summed E-state index contributed by atoms with van der Waals surface area (Å²) in [5.41, 5.74) is 0.665. The largest absolute Gasteiger partial charge is 0.351 e. The average molecular weight is 397 g/mol. The number of carbonyl (C=O) groups is 1. The molecule has 2 unspecified atom stereocenters. The van der Waals surface area contributed by atoms with Crippen LogP contribution in [0.1, 0.15) is 29.6 Å². The number of hydrogen-bond donors (Lipinski definition) is 1. The van der Waals surface area contributed by atoms with Crippen LogP contribution in [0.2, 0.25) is 0 Å². The highest BCUT2D eigenvalue weighted by Gasteiger charge is 2.50. The second-order valence-electron chi connectivity index (χ2n) is 6.76. The van der Waals surface area contributed by atoms with Gasteiger partial charge in [-0.3, -0.25) is 4.79 Å². The summed E-state index contributed by atoms with van der Waals surface area (Å²) in [5, 5.41) is 3.08. The Bertz CT molecular complexity index is 570. The summed E-state index contributed by atoms with van der Waals surface area (Å²) < 4.78 is 13.0. The number of nitrogens with zero attached hydrogens (tertiary/aromatic N) is 1. The normalized spacial score (nSPS) is 26.0. The monoisotopic (exact) mass is 396 g/mol. The van der Waals surface area contributed by atoms with Crippen LogP contribution in [-0.4, -0.2) is 56.5 Å². The minimum absolute atomic E-state index is 0.0567. The Hall–Kier alpha value is -0.950. The Labute approximate surface area is 151 Å². The van der Waals surface area contributed by atoms with Gasteiger partial charge in [-0.05, 0) is 51.2 Å². The fourth-order valence-corrected chi connectivity index (χ4v) is 4.15. The van der Waals surface area contributed by atoms with Crippen molar-refractivity contribution in [2.45, 2.75) is 31.1 Å². The van der Waals surface area contributed by atoms with Crippen LogP contribution in [0, 0.1) is 5.92 Å². The molecule has 132 valence electrons. The average Bonchev–Trinajstić information content (AvgIpc) is 3.02. The van der Waals surface area contributed by atoms with E-state index in [1.54, 1.807) is 0 Å². The summed E-state index contributed by atoms with van der Waals surface area (Å²) >= 11 is 3.39. The highest BCUT2D eigenvalue weighted by atomic mass is 79.9. The number of benzene rings is 1. The van der Waals surface area contributed by atoms with Gasteiger partial charge in [-0.2, -0.15) is 0 Å². The van der Waals surface area contributed by atoms with Gasteiger partial charge in [0.2, 0.25) is 0 Å². The van der Waals surface area contributed by atoms with Crippen molar-refractivity contribution in [2.24, 2.45) is 5.92 Å². The van der Waals surface area contributed by atoms with Crippen molar-refractivity contribution in [3.05, 3.63) is 34.3 Å². The Morgan fingerprint density at radius 1 is 1.29 bits per heavy atom. The fourth-order valence-electron chi connectivity index (χ4n) is 3.88. The predicted octanol–water partition coefficient (Wildman–Crippen LogP) is 2.65. The standard InChI is InChI=1S/C18H25BrN2O3/c1-21(2)16-4-3-9-18(23-10-11-24-18)15(16)12-20-17(22)13-5-7-14(19)8-6-13/h5-8,15-16H,3-4,9-12H2,1-2H3,(H,20,22). The third kappa shape index (κ3) is 3.67. The molecule has 1 aliphatic heterocycles. The maximum absolute atomic E-state index is 12.5. The minimum Gasteiger partial charge on any atom is -0.351 e. The van der Waals surface area contributed by atoms with Crippen molar-refractivity contribution in [3.8, 4) is 0 Å². The van der Waals surface area contributed by atoms with Crippen LogP contribution in [0.25, 0.3) is 0 Å². The molecule has 24 heavy (non-hydrogen) atoms. The number of nitrogens with one attached hydrogen (secondary N) is 1. The van der Waals surface area contributed by atoms with Crippen molar-refractivity contribution in [1.29, 1.82) is 0 Å². The molecule has 1 aromatic carbocycles. The van der Waals surface area contributed by atoms with Crippen molar-refractivity contribution < 1.29 is 14.3 Å². The van der Waals surface area contributed by atoms with Gasteiger partial charge < -0.3 is 19.7 Å². The van der Waals surface area contributed by atoms with E-state index < -0.39 is 5.79 Å².